The fourth-order valence-electron chi connectivity index (χ4n) is 7.18. The fraction of sp³-hybridized carbons (Fsp3) is 0.400. The Hall–Kier alpha value is -4.87. The molecule has 3 aromatic carbocycles. The zero-order chi connectivity index (χ0) is 39.2. The van der Waals surface area contributed by atoms with Crippen LogP contribution < -0.4 is 15.0 Å². The number of hydrogen-bond donors (Lipinski definition) is 1. The highest BCUT2D eigenvalue weighted by molar-refractivity contribution is 7.51. The largest absolute Gasteiger partial charge is 0.497 e. The molecule has 0 spiro atoms. The van der Waals surface area contributed by atoms with E-state index in [0.29, 0.717) is 17.1 Å². The molecule has 1 aliphatic heterocycles. The first-order chi connectivity index (χ1) is 26.5. The van der Waals surface area contributed by atoms with Crippen molar-refractivity contribution >= 4 is 18.9 Å². The van der Waals surface area contributed by atoms with Gasteiger partial charge in [0.05, 0.1) is 58.7 Å². The van der Waals surface area contributed by atoms with Gasteiger partial charge in [-0.1, -0.05) is 54.6 Å². The normalized spacial score (nSPS) is 18.5. The molecule has 6 rings (SSSR count). The summed E-state index contributed by atoms with van der Waals surface area (Å²) in [5, 5.41) is 9.26. The SMILES string of the molecule is COc1ccc(C(O[C@H]2C[C@H](n3cnc4c(=O)[nH]cnc43)O[C@@H]2CO[P@](=O)(OCCC#N)N(C(C)C)C(C)C)(c2ccccc2)c2ccc(OC)cc2)cc1. The zero-order valence-electron chi connectivity index (χ0n) is 31.8. The van der Waals surface area contributed by atoms with Gasteiger partial charge in [-0.25, -0.2) is 19.2 Å². The number of hydrogen-bond acceptors (Lipinski definition) is 11. The van der Waals surface area contributed by atoms with Crippen LogP contribution in [0, 0.1) is 11.3 Å². The van der Waals surface area contributed by atoms with Gasteiger partial charge in [0.2, 0.25) is 0 Å². The molecule has 0 unspecified atom stereocenters. The minimum Gasteiger partial charge on any atom is -0.497 e. The molecule has 0 saturated carbocycles. The highest BCUT2D eigenvalue weighted by Gasteiger charge is 2.48. The minimum atomic E-state index is -3.98. The van der Waals surface area contributed by atoms with Crippen LogP contribution >= 0.6 is 7.75 Å². The van der Waals surface area contributed by atoms with Crippen LogP contribution in [0.2, 0.25) is 0 Å². The van der Waals surface area contributed by atoms with Gasteiger partial charge in [-0.3, -0.25) is 18.4 Å². The number of methoxy groups -OCH3 is 2. The lowest BCUT2D eigenvalue weighted by atomic mass is 9.79. The first kappa shape index (κ1) is 39.8. The van der Waals surface area contributed by atoms with Gasteiger partial charge in [-0.15, -0.1) is 0 Å². The van der Waals surface area contributed by atoms with Crippen molar-refractivity contribution in [3.05, 3.63) is 119 Å². The summed E-state index contributed by atoms with van der Waals surface area (Å²) in [6, 6.07) is 26.9. The minimum absolute atomic E-state index is 0.0360. The summed E-state index contributed by atoms with van der Waals surface area (Å²) in [4.78, 5) is 23.9. The van der Waals surface area contributed by atoms with Crippen LogP contribution in [0.4, 0.5) is 0 Å². The van der Waals surface area contributed by atoms with Gasteiger partial charge in [0.1, 0.15) is 29.4 Å². The van der Waals surface area contributed by atoms with E-state index in [1.54, 1.807) is 23.5 Å². The molecule has 4 atom stereocenters. The maximum absolute atomic E-state index is 14.7. The fourth-order valence-corrected chi connectivity index (χ4v) is 9.31. The highest BCUT2D eigenvalue weighted by Crippen LogP contribution is 2.55. The van der Waals surface area contributed by atoms with E-state index >= 15 is 0 Å². The van der Waals surface area contributed by atoms with E-state index in [9.17, 15) is 14.6 Å². The number of imidazole rings is 1. The molecule has 1 N–H and O–H groups in total. The number of aromatic nitrogens is 4. The van der Waals surface area contributed by atoms with E-state index in [1.807, 2.05) is 113 Å². The van der Waals surface area contributed by atoms with Gasteiger partial charge < -0.3 is 23.9 Å². The molecule has 55 heavy (non-hydrogen) atoms. The Balaban J connectivity index is 1.48. The van der Waals surface area contributed by atoms with E-state index in [4.69, 9.17) is 28.0 Å². The molecule has 0 amide bonds. The summed E-state index contributed by atoms with van der Waals surface area (Å²) >= 11 is 0. The first-order valence-electron chi connectivity index (χ1n) is 18.2. The van der Waals surface area contributed by atoms with Crippen molar-refractivity contribution in [2.75, 3.05) is 27.4 Å². The maximum Gasteiger partial charge on any atom is 0.408 e. The van der Waals surface area contributed by atoms with E-state index in [-0.39, 0.29) is 49.2 Å². The topological polar surface area (TPSA) is 163 Å². The van der Waals surface area contributed by atoms with Gasteiger partial charge in [0.15, 0.2) is 11.2 Å². The van der Waals surface area contributed by atoms with E-state index in [2.05, 4.69) is 15.0 Å². The zero-order valence-corrected chi connectivity index (χ0v) is 32.7. The highest BCUT2D eigenvalue weighted by atomic mass is 31.2. The molecule has 5 aromatic rings. The Bertz CT molecular complexity index is 2110. The molecule has 14 nitrogen and oxygen atoms in total. The second kappa shape index (κ2) is 17.3. The molecule has 2 aromatic heterocycles. The Kier molecular flexibility index (Phi) is 12.5. The number of nitrogens with zero attached hydrogens (tertiary/aromatic N) is 5. The lowest BCUT2D eigenvalue weighted by Crippen LogP contribution is -2.41. The van der Waals surface area contributed by atoms with Crippen molar-refractivity contribution in [2.45, 2.75) is 76.7 Å². The number of nitriles is 1. The van der Waals surface area contributed by atoms with Crippen molar-refractivity contribution in [3.63, 3.8) is 0 Å². The van der Waals surface area contributed by atoms with Crippen molar-refractivity contribution < 1.29 is 32.6 Å². The molecule has 1 aliphatic rings. The predicted molar refractivity (Wildman–Crippen MR) is 206 cm³/mol. The van der Waals surface area contributed by atoms with Crippen LogP contribution in [0.3, 0.4) is 0 Å². The van der Waals surface area contributed by atoms with Crippen molar-refractivity contribution in [2.24, 2.45) is 0 Å². The number of H-pyrrole nitrogens is 1. The summed E-state index contributed by atoms with van der Waals surface area (Å²) in [6.45, 7) is 7.37. The Morgan fingerprint density at radius 2 is 1.53 bits per heavy atom. The predicted octanol–water partition coefficient (Wildman–Crippen LogP) is 6.98. The number of benzene rings is 3. The molecule has 1 fully saturated rings. The Morgan fingerprint density at radius 3 is 2.09 bits per heavy atom. The summed E-state index contributed by atoms with van der Waals surface area (Å²) in [5.41, 5.74) is 1.36. The van der Waals surface area contributed by atoms with Crippen LogP contribution in [-0.4, -0.2) is 75.9 Å². The molecule has 290 valence electrons. The molecule has 3 heterocycles. The standard InChI is InChI=1S/C40H47N6O8P/c1-27(2)46(28(3)4)55(48,51-22-10-21-41)52-24-35-34(23-36(53-35)45-26-44-37-38(45)42-25-43-39(37)47)54-40(29-11-8-7-9-12-29,30-13-17-32(49-5)18-14-30)31-15-19-33(50-6)20-16-31/h7-9,11-20,25-28,34-36H,10,22-24H2,1-6H3,(H,42,43,47)/t34-,35+,36+,55+/m0/s1. The summed E-state index contributed by atoms with van der Waals surface area (Å²) in [5.74, 6) is 1.36. The molecule has 0 aliphatic carbocycles. The third kappa shape index (κ3) is 8.23. The van der Waals surface area contributed by atoms with Crippen molar-refractivity contribution in [1.29, 1.82) is 5.26 Å². The lowest BCUT2D eigenvalue weighted by molar-refractivity contribution is -0.0981. The average Bonchev–Trinajstić information content (AvgIpc) is 3.81. The second-order valence-corrected chi connectivity index (χ2v) is 15.6. The van der Waals surface area contributed by atoms with Gasteiger partial charge in [0.25, 0.3) is 5.56 Å². The van der Waals surface area contributed by atoms with Crippen LogP contribution in [0.15, 0.2) is 96.3 Å². The number of aromatic amines is 1. The third-order valence-electron chi connectivity index (χ3n) is 9.57. The number of rotatable bonds is 17. The van der Waals surface area contributed by atoms with E-state index in [1.165, 1.54) is 12.7 Å². The van der Waals surface area contributed by atoms with Crippen LogP contribution in [-0.2, 0) is 28.7 Å². The molecule has 1 saturated heterocycles. The number of fused-ring (bicyclic) bond motifs is 1. The first-order valence-corrected chi connectivity index (χ1v) is 19.7. The van der Waals surface area contributed by atoms with Crippen molar-refractivity contribution in [1.82, 2.24) is 24.2 Å². The molecular formula is C40H47N6O8P. The third-order valence-corrected chi connectivity index (χ3v) is 12.0. The van der Waals surface area contributed by atoms with E-state index in [0.717, 1.165) is 16.7 Å². The van der Waals surface area contributed by atoms with Crippen LogP contribution in [0.5, 0.6) is 11.5 Å². The van der Waals surface area contributed by atoms with Gasteiger partial charge in [-0.05, 0) is 68.7 Å². The van der Waals surface area contributed by atoms with Gasteiger partial charge >= 0.3 is 7.75 Å². The molecule has 15 heteroatoms. The van der Waals surface area contributed by atoms with E-state index < -0.39 is 31.8 Å². The number of nitrogens with one attached hydrogen (secondary N) is 1. The maximum atomic E-state index is 14.7. The summed E-state index contributed by atoms with van der Waals surface area (Å²) in [7, 11) is -0.745. The quantitative estimate of drug-likeness (QED) is 0.0588. The summed E-state index contributed by atoms with van der Waals surface area (Å²) in [6.07, 6.45) is 0.904. The molecule has 0 bridgehead atoms. The van der Waals surface area contributed by atoms with Crippen LogP contribution in [0.1, 0.15) is 63.5 Å². The smallest absolute Gasteiger partial charge is 0.408 e. The van der Waals surface area contributed by atoms with Crippen LogP contribution in [0.25, 0.3) is 11.2 Å². The van der Waals surface area contributed by atoms with Crippen molar-refractivity contribution in [3.8, 4) is 17.6 Å². The average molecular weight is 771 g/mol. The monoisotopic (exact) mass is 770 g/mol. The van der Waals surface area contributed by atoms with Gasteiger partial charge in [-0.2, -0.15) is 5.26 Å². The molecular weight excluding hydrogens is 723 g/mol. The Morgan fingerprint density at radius 1 is 0.927 bits per heavy atom. The number of ether oxygens (including phenoxy) is 4. The molecule has 0 radical (unpaired) electrons. The second-order valence-electron chi connectivity index (χ2n) is 13.7. The summed E-state index contributed by atoms with van der Waals surface area (Å²) < 4.78 is 55.7. The lowest BCUT2D eigenvalue weighted by Gasteiger charge is -2.40. The Labute approximate surface area is 320 Å². The van der Waals surface area contributed by atoms with Gasteiger partial charge in [0, 0.05) is 18.5 Å².